The number of carboxylic acids is 4. The van der Waals surface area contributed by atoms with Crippen LogP contribution in [0.5, 0.6) is 5.75 Å². The standard InChI is InChI=1S/C26H29N5O3.2C2H2O4/c1-34-21-5-6-24-23(16-21)22(7-8-28-24)25(32)18-31-13-11-30(12-14-31)10-9-29-26(33)20-4-2-3-19(15-20)17-27;2*3-1(4)2(5)6/h2-8,15-16,25,32H,9-14,18H2,1H3,(H,29,33);2*(H,3,4)(H,5,6)/t25-;;/m0../s1. The number of aromatic nitrogens is 1. The van der Waals surface area contributed by atoms with E-state index >= 15 is 0 Å². The first-order valence-electron chi connectivity index (χ1n) is 13.6. The van der Waals surface area contributed by atoms with Crippen molar-refractivity contribution in [1.29, 1.82) is 5.26 Å². The topological polar surface area (TPSA) is 251 Å². The Bertz CT molecular complexity index is 1530. The van der Waals surface area contributed by atoms with E-state index in [9.17, 15) is 9.90 Å². The normalized spacial score (nSPS) is 13.4. The van der Waals surface area contributed by atoms with Crippen LogP contribution in [0.4, 0.5) is 0 Å². The van der Waals surface area contributed by atoms with E-state index in [1.807, 2.05) is 24.3 Å². The second-order valence-electron chi connectivity index (χ2n) is 9.61. The number of carboxylic acid groups (broad SMARTS) is 4. The summed E-state index contributed by atoms with van der Waals surface area (Å²) in [5, 5.41) is 53.3. The van der Waals surface area contributed by atoms with E-state index in [0.717, 1.165) is 54.9 Å². The maximum absolute atomic E-state index is 12.3. The molecule has 2 heterocycles. The van der Waals surface area contributed by atoms with Gasteiger partial charge in [0.25, 0.3) is 5.91 Å². The first-order valence-corrected chi connectivity index (χ1v) is 13.6. The van der Waals surface area contributed by atoms with Crippen molar-refractivity contribution >= 4 is 40.7 Å². The van der Waals surface area contributed by atoms with Crippen molar-refractivity contribution in [3.05, 3.63) is 71.4 Å². The van der Waals surface area contributed by atoms with Crippen LogP contribution >= 0.6 is 0 Å². The van der Waals surface area contributed by atoms with Crippen LogP contribution in [0, 0.1) is 11.3 Å². The molecule has 16 nitrogen and oxygen atoms in total. The fraction of sp³-hybridized carbons (Fsp3) is 0.300. The smallest absolute Gasteiger partial charge is 0.414 e. The molecule has 2 aromatic carbocycles. The number of ether oxygens (including phenoxy) is 1. The number of benzene rings is 2. The van der Waals surface area contributed by atoms with Crippen LogP contribution in [0.1, 0.15) is 27.6 Å². The third-order valence-corrected chi connectivity index (χ3v) is 6.57. The lowest BCUT2D eigenvalue weighted by atomic mass is 10.0. The van der Waals surface area contributed by atoms with Crippen LogP contribution < -0.4 is 10.1 Å². The van der Waals surface area contributed by atoms with Crippen molar-refractivity contribution in [2.45, 2.75) is 6.10 Å². The van der Waals surface area contributed by atoms with Crippen molar-refractivity contribution in [2.75, 3.05) is 52.9 Å². The van der Waals surface area contributed by atoms with Gasteiger partial charge in [-0.15, -0.1) is 0 Å². The van der Waals surface area contributed by atoms with Crippen molar-refractivity contribution < 1.29 is 54.2 Å². The Kier molecular flexibility index (Phi) is 14.5. The van der Waals surface area contributed by atoms with E-state index in [1.165, 1.54) is 0 Å². The Balaban J connectivity index is 0.000000522. The summed E-state index contributed by atoms with van der Waals surface area (Å²) in [7, 11) is 1.63. The van der Waals surface area contributed by atoms with E-state index in [0.29, 0.717) is 24.2 Å². The molecule has 1 aliphatic heterocycles. The Hall–Kier alpha value is -5.63. The molecule has 1 aliphatic rings. The van der Waals surface area contributed by atoms with Crippen LogP contribution in [-0.2, 0) is 19.2 Å². The van der Waals surface area contributed by atoms with Gasteiger partial charge in [0.2, 0.25) is 0 Å². The monoisotopic (exact) mass is 639 g/mol. The molecule has 16 heteroatoms. The maximum Gasteiger partial charge on any atom is 0.414 e. The van der Waals surface area contributed by atoms with E-state index in [-0.39, 0.29) is 5.91 Å². The number of nitrogens with one attached hydrogen (secondary N) is 1. The van der Waals surface area contributed by atoms with E-state index in [2.05, 4.69) is 26.2 Å². The lowest BCUT2D eigenvalue weighted by molar-refractivity contribution is -0.159. The molecule has 1 aromatic heterocycles. The molecule has 1 amide bonds. The number of hydrogen-bond donors (Lipinski definition) is 6. The molecule has 6 N–H and O–H groups in total. The summed E-state index contributed by atoms with van der Waals surface area (Å²) in [4.78, 5) is 57.7. The van der Waals surface area contributed by atoms with Gasteiger partial charge in [-0.2, -0.15) is 5.26 Å². The molecule has 0 bridgehead atoms. The van der Waals surface area contributed by atoms with Gasteiger partial charge in [-0.1, -0.05) is 6.07 Å². The molecule has 1 saturated heterocycles. The van der Waals surface area contributed by atoms with Gasteiger partial charge in [-0.25, -0.2) is 19.2 Å². The van der Waals surface area contributed by atoms with Crippen molar-refractivity contribution in [3.8, 4) is 11.8 Å². The summed E-state index contributed by atoms with van der Waals surface area (Å²) in [6.45, 7) is 5.30. The van der Waals surface area contributed by atoms with Gasteiger partial charge in [0.1, 0.15) is 5.75 Å². The van der Waals surface area contributed by atoms with Crippen LogP contribution in [0.2, 0.25) is 0 Å². The number of piperazine rings is 1. The second kappa shape index (κ2) is 18.2. The predicted octanol–water partition coefficient (Wildman–Crippen LogP) is 0.507. The minimum atomic E-state index is -1.82. The number of carbonyl (C=O) groups is 5. The zero-order valence-corrected chi connectivity index (χ0v) is 24.7. The molecule has 0 saturated carbocycles. The van der Waals surface area contributed by atoms with Gasteiger partial charge in [-0.3, -0.25) is 19.6 Å². The van der Waals surface area contributed by atoms with Crippen LogP contribution in [-0.4, -0.2) is 123 Å². The zero-order valence-electron chi connectivity index (χ0n) is 24.7. The number of β-amino-alcohol motifs (C(OH)–C–C–N with tert-alkyl or cyclic N) is 1. The summed E-state index contributed by atoms with van der Waals surface area (Å²) in [6.07, 6.45) is 1.11. The predicted molar refractivity (Wildman–Crippen MR) is 160 cm³/mol. The number of nitriles is 1. The van der Waals surface area contributed by atoms with E-state index < -0.39 is 30.0 Å². The highest BCUT2D eigenvalue weighted by Crippen LogP contribution is 2.27. The van der Waals surface area contributed by atoms with Gasteiger partial charge >= 0.3 is 23.9 Å². The van der Waals surface area contributed by atoms with Crippen molar-refractivity contribution in [3.63, 3.8) is 0 Å². The van der Waals surface area contributed by atoms with Gasteiger partial charge in [0, 0.05) is 63.0 Å². The molecule has 4 rings (SSSR count). The first kappa shape index (κ1) is 36.6. The molecule has 244 valence electrons. The zero-order chi connectivity index (χ0) is 34.2. The highest BCUT2D eigenvalue weighted by Gasteiger charge is 2.21. The molecule has 0 unspecified atom stereocenters. The number of rotatable bonds is 8. The number of hydrogen-bond acceptors (Lipinski definition) is 11. The Morgan fingerprint density at radius 2 is 1.52 bits per heavy atom. The second-order valence-corrected chi connectivity index (χ2v) is 9.61. The number of nitrogens with zero attached hydrogens (tertiary/aromatic N) is 4. The number of methoxy groups -OCH3 is 1. The third kappa shape index (κ3) is 11.8. The quantitative estimate of drug-likeness (QED) is 0.184. The molecular formula is C30H33N5O11. The fourth-order valence-corrected chi connectivity index (χ4v) is 4.26. The van der Waals surface area contributed by atoms with Crippen molar-refractivity contribution in [2.24, 2.45) is 0 Å². The highest BCUT2D eigenvalue weighted by molar-refractivity contribution is 6.27. The average molecular weight is 640 g/mol. The highest BCUT2D eigenvalue weighted by atomic mass is 16.5. The molecule has 1 atom stereocenters. The van der Waals surface area contributed by atoms with Crippen LogP contribution in [0.25, 0.3) is 10.9 Å². The Morgan fingerprint density at radius 1 is 0.913 bits per heavy atom. The summed E-state index contributed by atoms with van der Waals surface area (Å²) < 4.78 is 5.34. The summed E-state index contributed by atoms with van der Waals surface area (Å²) in [6, 6.07) is 16.3. The SMILES string of the molecule is COc1ccc2nccc([C@@H](O)CN3CCN(CCNC(=O)c4cccc(C#N)c4)CC3)c2c1.O=C(O)C(=O)O.O=C(O)C(=O)O. The van der Waals surface area contributed by atoms with E-state index in [1.54, 1.807) is 37.6 Å². The molecule has 0 radical (unpaired) electrons. The first-order chi connectivity index (χ1) is 21.9. The molecule has 46 heavy (non-hydrogen) atoms. The Labute approximate surface area is 262 Å². The molecule has 0 aliphatic carbocycles. The number of carbonyl (C=O) groups excluding carboxylic acids is 1. The number of aliphatic hydroxyl groups excluding tert-OH is 1. The summed E-state index contributed by atoms with van der Waals surface area (Å²) in [5.74, 6) is -6.72. The lowest BCUT2D eigenvalue weighted by Crippen LogP contribution is -2.49. The number of amides is 1. The van der Waals surface area contributed by atoms with Crippen LogP contribution in [0.15, 0.2) is 54.7 Å². The van der Waals surface area contributed by atoms with Crippen LogP contribution in [0.3, 0.4) is 0 Å². The number of aliphatic hydroxyl groups is 1. The van der Waals surface area contributed by atoms with Gasteiger partial charge < -0.3 is 35.6 Å². The minimum absolute atomic E-state index is 0.167. The van der Waals surface area contributed by atoms with Gasteiger partial charge in [-0.05, 0) is 48.0 Å². The minimum Gasteiger partial charge on any atom is -0.497 e. The van der Waals surface area contributed by atoms with E-state index in [4.69, 9.17) is 49.6 Å². The summed E-state index contributed by atoms with van der Waals surface area (Å²) in [5.41, 5.74) is 2.67. The maximum atomic E-state index is 12.3. The van der Waals surface area contributed by atoms with Gasteiger partial charge in [0.05, 0.1) is 30.4 Å². The number of aliphatic carboxylic acids is 4. The molecular weight excluding hydrogens is 606 g/mol. The lowest BCUT2D eigenvalue weighted by Gasteiger charge is -2.35. The Morgan fingerprint density at radius 3 is 2.09 bits per heavy atom. The van der Waals surface area contributed by atoms with Gasteiger partial charge in [0.15, 0.2) is 0 Å². The third-order valence-electron chi connectivity index (χ3n) is 6.57. The van der Waals surface area contributed by atoms with Crippen molar-refractivity contribution in [1.82, 2.24) is 20.1 Å². The fourth-order valence-electron chi connectivity index (χ4n) is 4.26. The summed E-state index contributed by atoms with van der Waals surface area (Å²) >= 11 is 0. The molecule has 1 fully saturated rings. The largest absolute Gasteiger partial charge is 0.497 e. The molecule has 3 aromatic rings. The number of pyridine rings is 1. The molecule has 0 spiro atoms. The number of fused-ring (bicyclic) bond motifs is 1. The average Bonchev–Trinajstić information content (AvgIpc) is 3.05.